The highest BCUT2D eigenvalue weighted by atomic mass is 16.5. The van der Waals surface area contributed by atoms with Crippen molar-refractivity contribution >= 4 is 0 Å². The Hall–Kier alpha value is -0.870. The molecule has 0 radical (unpaired) electrons. The van der Waals surface area contributed by atoms with Crippen molar-refractivity contribution in [1.29, 1.82) is 0 Å². The molecule has 0 spiro atoms. The summed E-state index contributed by atoms with van der Waals surface area (Å²) in [7, 11) is 1.99. The summed E-state index contributed by atoms with van der Waals surface area (Å²) >= 11 is 0. The maximum atomic E-state index is 5.87. The molecule has 4 heteroatoms. The van der Waals surface area contributed by atoms with Gasteiger partial charge in [0, 0.05) is 38.0 Å². The van der Waals surface area contributed by atoms with Crippen LogP contribution in [0.1, 0.15) is 43.7 Å². The van der Waals surface area contributed by atoms with E-state index in [1.165, 1.54) is 44.2 Å². The lowest BCUT2D eigenvalue weighted by Crippen LogP contribution is -2.35. The zero-order chi connectivity index (χ0) is 12.4. The number of aromatic nitrogens is 2. The molecule has 1 aromatic heterocycles. The van der Waals surface area contributed by atoms with Gasteiger partial charge in [-0.2, -0.15) is 5.10 Å². The summed E-state index contributed by atoms with van der Waals surface area (Å²) in [5.41, 5.74) is 1.37. The van der Waals surface area contributed by atoms with Gasteiger partial charge in [0.2, 0.25) is 0 Å². The largest absolute Gasteiger partial charge is 0.377 e. The van der Waals surface area contributed by atoms with E-state index in [0.29, 0.717) is 12.1 Å². The fraction of sp³-hybridized carbons (Fsp3) is 0.786. The Morgan fingerprint density at radius 3 is 3.00 bits per heavy atom. The number of aryl methyl sites for hydroxylation is 1. The van der Waals surface area contributed by atoms with Crippen LogP contribution in [-0.4, -0.2) is 40.5 Å². The van der Waals surface area contributed by atoms with E-state index in [0.717, 1.165) is 13.2 Å². The van der Waals surface area contributed by atoms with E-state index in [-0.39, 0.29) is 0 Å². The quantitative estimate of drug-likeness (QED) is 0.822. The highest BCUT2D eigenvalue weighted by Crippen LogP contribution is 2.32. The Balaban J connectivity index is 1.63. The highest BCUT2D eigenvalue weighted by Gasteiger charge is 2.29. The smallest absolute Gasteiger partial charge is 0.0702 e. The SMILES string of the molecule is Cn1cc([C@H]2CCCN2C[C@H]2CCCCO2)cn1. The minimum atomic E-state index is 0.455. The molecule has 0 bridgehead atoms. The van der Waals surface area contributed by atoms with Crippen molar-refractivity contribution in [2.45, 2.75) is 44.2 Å². The Labute approximate surface area is 109 Å². The van der Waals surface area contributed by atoms with Gasteiger partial charge in [0.05, 0.1) is 12.3 Å². The van der Waals surface area contributed by atoms with Crippen LogP contribution in [0.4, 0.5) is 0 Å². The Morgan fingerprint density at radius 2 is 2.28 bits per heavy atom. The van der Waals surface area contributed by atoms with Crippen molar-refractivity contribution in [1.82, 2.24) is 14.7 Å². The summed E-state index contributed by atoms with van der Waals surface area (Å²) < 4.78 is 7.77. The van der Waals surface area contributed by atoms with Gasteiger partial charge in [0.25, 0.3) is 0 Å². The van der Waals surface area contributed by atoms with Gasteiger partial charge in [0.1, 0.15) is 0 Å². The van der Waals surface area contributed by atoms with Crippen LogP contribution in [0.25, 0.3) is 0 Å². The second-order valence-electron chi connectivity index (χ2n) is 5.59. The second kappa shape index (κ2) is 5.41. The molecule has 0 saturated carbocycles. The zero-order valence-corrected chi connectivity index (χ0v) is 11.2. The molecule has 3 heterocycles. The Bertz CT molecular complexity index is 384. The molecule has 2 aliphatic heterocycles. The van der Waals surface area contributed by atoms with E-state index >= 15 is 0 Å². The molecule has 1 aromatic rings. The van der Waals surface area contributed by atoms with Crippen LogP contribution in [-0.2, 0) is 11.8 Å². The molecule has 0 aromatic carbocycles. The van der Waals surface area contributed by atoms with Gasteiger partial charge < -0.3 is 4.74 Å². The minimum absolute atomic E-state index is 0.455. The topological polar surface area (TPSA) is 30.3 Å². The molecule has 3 rings (SSSR count). The summed E-state index contributed by atoms with van der Waals surface area (Å²) in [6.07, 6.45) is 11.0. The summed E-state index contributed by atoms with van der Waals surface area (Å²) in [5, 5.41) is 4.30. The molecule has 100 valence electrons. The molecule has 0 amide bonds. The fourth-order valence-electron chi connectivity index (χ4n) is 3.25. The fourth-order valence-corrected chi connectivity index (χ4v) is 3.25. The third-order valence-electron chi connectivity index (χ3n) is 4.19. The lowest BCUT2D eigenvalue weighted by atomic mass is 10.1. The normalized spacial score (nSPS) is 29.8. The van der Waals surface area contributed by atoms with Crippen molar-refractivity contribution in [2.24, 2.45) is 7.05 Å². The monoisotopic (exact) mass is 249 g/mol. The molecule has 2 aliphatic rings. The zero-order valence-electron chi connectivity index (χ0n) is 11.2. The first-order valence-corrected chi connectivity index (χ1v) is 7.17. The number of likely N-dealkylation sites (tertiary alicyclic amines) is 1. The number of ether oxygens (including phenoxy) is 1. The van der Waals surface area contributed by atoms with Gasteiger partial charge in [-0.15, -0.1) is 0 Å². The molecule has 2 saturated heterocycles. The van der Waals surface area contributed by atoms with Crippen LogP contribution in [0.5, 0.6) is 0 Å². The van der Waals surface area contributed by atoms with E-state index in [9.17, 15) is 0 Å². The molecular weight excluding hydrogens is 226 g/mol. The third kappa shape index (κ3) is 2.59. The van der Waals surface area contributed by atoms with Gasteiger partial charge in [0.15, 0.2) is 0 Å². The molecule has 2 atom stereocenters. The van der Waals surface area contributed by atoms with Crippen LogP contribution in [0.2, 0.25) is 0 Å². The van der Waals surface area contributed by atoms with Crippen LogP contribution < -0.4 is 0 Å². The molecule has 0 aliphatic carbocycles. The van der Waals surface area contributed by atoms with Gasteiger partial charge in [-0.25, -0.2) is 0 Å². The van der Waals surface area contributed by atoms with E-state index in [1.807, 2.05) is 17.9 Å². The summed E-state index contributed by atoms with van der Waals surface area (Å²) in [4.78, 5) is 2.59. The van der Waals surface area contributed by atoms with E-state index < -0.39 is 0 Å². The number of hydrogen-bond donors (Lipinski definition) is 0. The number of nitrogens with zero attached hydrogens (tertiary/aromatic N) is 3. The van der Waals surface area contributed by atoms with Crippen LogP contribution in [0.15, 0.2) is 12.4 Å². The third-order valence-corrected chi connectivity index (χ3v) is 4.19. The molecule has 0 unspecified atom stereocenters. The molecular formula is C14H23N3O. The molecule has 18 heavy (non-hydrogen) atoms. The average molecular weight is 249 g/mol. The lowest BCUT2D eigenvalue weighted by Gasteiger charge is -2.30. The van der Waals surface area contributed by atoms with Gasteiger partial charge in [-0.05, 0) is 38.6 Å². The Kier molecular flexibility index (Phi) is 3.66. The van der Waals surface area contributed by atoms with Crippen molar-refractivity contribution < 1.29 is 4.74 Å². The number of hydrogen-bond acceptors (Lipinski definition) is 3. The highest BCUT2D eigenvalue weighted by molar-refractivity contribution is 5.12. The van der Waals surface area contributed by atoms with Crippen molar-refractivity contribution in [3.63, 3.8) is 0 Å². The standard InChI is InChI=1S/C14H23N3O/c1-16-10-12(9-15-16)14-6-4-7-17(14)11-13-5-2-3-8-18-13/h9-10,13-14H,2-8,11H2,1H3/t13-,14-/m1/s1. The van der Waals surface area contributed by atoms with E-state index in [2.05, 4.69) is 16.2 Å². The first-order chi connectivity index (χ1) is 8.83. The van der Waals surface area contributed by atoms with Crippen LogP contribution >= 0.6 is 0 Å². The second-order valence-corrected chi connectivity index (χ2v) is 5.59. The summed E-state index contributed by atoms with van der Waals surface area (Å²) in [6.45, 7) is 3.26. The van der Waals surface area contributed by atoms with Gasteiger partial charge in [-0.1, -0.05) is 0 Å². The van der Waals surface area contributed by atoms with Crippen molar-refractivity contribution in [3.05, 3.63) is 18.0 Å². The predicted octanol–water partition coefficient (Wildman–Crippen LogP) is 2.13. The minimum Gasteiger partial charge on any atom is -0.377 e. The van der Waals surface area contributed by atoms with Gasteiger partial charge >= 0.3 is 0 Å². The molecule has 4 nitrogen and oxygen atoms in total. The predicted molar refractivity (Wildman–Crippen MR) is 70.3 cm³/mol. The lowest BCUT2D eigenvalue weighted by molar-refractivity contribution is -0.00806. The van der Waals surface area contributed by atoms with Crippen LogP contribution in [0.3, 0.4) is 0 Å². The summed E-state index contributed by atoms with van der Waals surface area (Å²) in [5.74, 6) is 0. The van der Waals surface area contributed by atoms with Crippen LogP contribution in [0, 0.1) is 0 Å². The van der Waals surface area contributed by atoms with Crippen molar-refractivity contribution in [2.75, 3.05) is 19.7 Å². The maximum absolute atomic E-state index is 5.87. The molecule has 0 N–H and O–H groups in total. The van der Waals surface area contributed by atoms with Crippen molar-refractivity contribution in [3.8, 4) is 0 Å². The number of rotatable bonds is 3. The van der Waals surface area contributed by atoms with E-state index in [1.54, 1.807) is 0 Å². The first-order valence-electron chi connectivity index (χ1n) is 7.17. The average Bonchev–Trinajstić information content (AvgIpc) is 2.99. The molecule has 2 fully saturated rings. The van der Waals surface area contributed by atoms with Gasteiger partial charge in [-0.3, -0.25) is 9.58 Å². The Morgan fingerprint density at radius 1 is 1.33 bits per heavy atom. The van der Waals surface area contributed by atoms with E-state index in [4.69, 9.17) is 4.74 Å². The first kappa shape index (κ1) is 12.2. The summed E-state index contributed by atoms with van der Waals surface area (Å²) in [6, 6.07) is 0.559. The maximum Gasteiger partial charge on any atom is 0.0702 e.